The van der Waals surface area contributed by atoms with Crippen molar-refractivity contribution in [3.63, 3.8) is 0 Å². The van der Waals surface area contributed by atoms with Crippen LogP contribution in [0.3, 0.4) is 0 Å². The number of hydrogen-bond donors (Lipinski definition) is 1. The molecular weight excluding hydrogens is 478 g/mol. The van der Waals surface area contributed by atoms with E-state index in [4.69, 9.17) is 4.52 Å². The lowest BCUT2D eigenvalue weighted by Crippen LogP contribution is -2.21. The van der Waals surface area contributed by atoms with Crippen molar-refractivity contribution >= 4 is 32.9 Å². The Hall–Kier alpha value is -3.41. The zero-order valence-electron chi connectivity index (χ0n) is 17.3. The van der Waals surface area contributed by atoms with Crippen molar-refractivity contribution in [1.82, 2.24) is 44.3 Å². The Kier molecular flexibility index (Phi) is 5.52. The molecule has 5 aromatic rings. The average Bonchev–Trinajstić information content (AvgIpc) is 3.53. The first-order chi connectivity index (χ1) is 15.7. The minimum Gasteiger partial charge on any atom is -0.339 e. The highest BCUT2D eigenvalue weighted by atomic mass is 79.9. The van der Waals surface area contributed by atoms with Gasteiger partial charge in [-0.2, -0.15) is 4.98 Å². The highest BCUT2D eigenvalue weighted by molar-refractivity contribution is 9.10. The van der Waals surface area contributed by atoms with Gasteiger partial charge in [-0.3, -0.25) is 14.3 Å². The summed E-state index contributed by atoms with van der Waals surface area (Å²) in [6.45, 7) is 2.84. The van der Waals surface area contributed by atoms with Crippen molar-refractivity contribution in [3.8, 4) is 11.4 Å². The molecule has 164 valence electrons. The van der Waals surface area contributed by atoms with Crippen molar-refractivity contribution in [2.24, 2.45) is 0 Å². The van der Waals surface area contributed by atoms with Gasteiger partial charge >= 0.3 is 0 Å². The van der Waals surface area contributed by atoms with Gasteiger partial charge in [-0.1, -0.05) is 24.9 Å². The highest BCUT2D eigenvalue weighted by Crippen LogP contribution is 2.18. The highest BCUT2D eigenvalue weighted by Gasteiger charge is 2.20. The molecule has 0 aliphatic carbocycles. The normalized spacial score (nSPS) is 11.7. The summed E-state index contributed by atoms with van der Waals surface area (Å²) in [6.07, 6.45) is 7.32. The number of pyridine rings is 1. The molecule has 32 heavy (non-hydrogen) atoms. The summed E-state index contributed by atoms with van der Waals surface area (Å²) in [4.78, 5) is 29.1. The van der Waals surface area contributed by atoms with Crippen molar-refractivity contribution in [2.45, 2.75) is 45.6 Å². The molecule has 0 bridgehead atoms. The molecular formula is C20H20BrN9O2. The first-order valence-corrected chi connectivity index (χ1v) is 11.2. The SMILES string of the molecule is CCCCCn1c2nc(Br)[nH]c2c(=O)n2c(CCc3nc(-c4cccnc4)no3)nnc12. The lowest BCUT2D eigenvalue weighted by atomic mass is 10.2. The van der Waals surface area contributed by atoms with E-state index in [1.54, 1.807) is 12.4 Å². The summed E-state index contributed by atoms with van der Waals surface area (Å²) in [5.74, 6) is 1.94. The van der Waals surface area contributed by atoms with Gasteiger partial charge in [-0.15, -0.1) is 10.2 Å². The molecule has 0 atom stereocenters. The molecule has 5 aromatic heterocycles. The summed E-state index contributed by atoms with van der Waals surface area (Å²) in [6, 6.07) is 3.68. The van der Waals surface area contributed by atoms with E-state index in [1.807, 2.05) is 16.7 Å². The van der Waals surface area contributed by atoms with E-state index in [2.05, 4.69) is 58.1 Å². The van der Waals surface area contributed by atoms with E-state index < -0.39 is 0 Å². The number of aryl methyl sites for hydroxylation is 3. The minimum absolute atomic E-state index is 0.235. The topological polar surface area (TPSA) is 133 Å². The largest absolute Gasteiger partial charge is 0.339 e. The van der Waals surface area contributed by atoms with E-state index in [9.17, 15) is 4.79 Å². The predicted molar refractivity (Wildman–Crippen MR) is 119 cm³/mol. The number of rotatable bonds is 8. The third kappa shape index (κ3) is 3.70. The van der Waals surface area contributed by atoms with Crippen LogP contribution in [0.1, 0.15) is 37.9 Å². The number of aromatic amines is 1. The molecule has 0 saturated heterocycles. The second-order valence-corrected chi connectivity index (χ2v) is 8.15. The molecule has 0 saturated carbocycles. The maximum absolute atomic E-state index is 13.2. The quantitative estimate of drug-likeness (QED) is 0.255. The Morgan fingerprint density at radius 1 is 1.19 bits per heavy atom. The Morgan fingerprint density at radius 2 is 2.09 bits per heavy atom. The first kappa shape index (κ1) is 20.5. The molecule has 11 nitrogen and oxygen atoms in total. The molecule has 0 spiro atoms. The molecule has 0 amide bonds. The van der Waals surface area contributed by atoms with Crippen molar-refractivity contribution in [3.05, 3.63) is 51.3 Å². The molecule has 5 heterocycles. The number of nitrogens with one attached hydrogen (secondary N) is 1. The smallest absolute Gasteiger partial charge is 0.286 e. The van der Waals surface area contributed by atoms with Crippen LogP contribution in [0.15, 0.2) is 38.6 Å². The second kappa shape index (κ2) is 8.61. The van der Waals surface area contributed by atoms with Crippen molar-refractivity contribution < 1.29 is 4.52 Å². The maximum atomic E-state index is 13.2. The lowest BCUT2D eigenvalue weighted by molar-refractivity contribution is 0.378. The second-order valence-electron chi connectivity index (χ2n) is 7.40. The van der Waals surface area contributed by atoms with Crippen LogP contribution < -0.4 is 5.56 Å². The zero-order valence-corrected chi connectivity index (χ0v) is 18.9. The Labute approximate surface area is 190 Å². The summed E-state index contributed by atoms with van der Waals surface area (Å²) in [5.41, 5.74) is 1.53. The number of H-pyrrole nitrogens is 1. The van der Waals surface area contributed by atoms with Crippen LogP contribution in [-0.2, 0) is 19.4 Å². The predicted octanol–water partition coefficient (Wildman–Crippen LogP) is 2.95. The van der Waals surface area contributed by atoms with Gasteiger partial charge in [0.2, 0.25) is 17.5 Å². The summed E-state index contributed by atoms with van der Waals surface area (Å²) in [7, 11) is 0. The van der Waals surface area contributed by atoms with Gasteiger partial charge in [0, 0.05) is 37.3 Å². The molecule has 0 unspecified atom stereocenters. The molecule has 0 aliphatic heterocycles. The number of halogens is 1. The summed E-state index contributed by atoms with van der Waals surface area (Å²) in [5, 5.41) is 12.6. The molecule has 5 rings (SSSR count). The van der Waals surface area contributed by atoms with Crippen LogP contribution in [0.4, 0.5) is 0 Å². The average molecular weight is 498 g/mol. The van der Waals surface area contributed by atoms with Gasteiger partial charge in [0.15, 0.2) is 15.9 Å². The Bertz CT molecular complexity index is 1430. The fraction of sp³-hybridized carbons (Fsp3) is 0.350. The van der Waals surface area contributed by atoms with Gasteiger partial charge < -0.3 is 9.51 Å². The molecule has 0 aliphatic rings. The Morgan fingerprint density at radius 3 is 2.91 bits per heavy atom. The molecule has 0 aromatic carbocycles. The number of hydrogen-bond acceptors (Lipinski definition) is 8. The number of imidazole rings is 1. The van der Waals surface area contributed by atoms with E-state index in [0.717, 1.165) is 24.8 Å². The number of fused-ring (bicyclic) bond motifs is 2. The van der Waals surface area contributed by atoms with Crippen molar-refractivity contribution in [1.29, 1.82) is 0 Å². The van der Waals surface area contributed by atoms with Gasteiger partial charge in [-0.25, -0.2) is 9.38 Å². The van der Waals surface area contributed by atoms with Gasteiger partial charge in [0.25, 0.3) is 5.56 Å². The third-order valence-electron chi connectivity index (χ3n) is 5.22. The van der Waals surface area contributed by atoms with Gasteiger partial charge in [0.1, 0.15) is 5.82 Å². The fourth-order valence-electron chi connectivity index (χ4n) is 3.65. The fourth-order valence-corrected chi connectivity index (χ4v) is 4.02. The van der Waals surface area contributed by atoms with E-state index in [1.165, 1.54) is 4.40 Å². The van der Waals surface area contributed by atoms with E-state index >= 15 is 0 Å². The van der Waals surface area contributed by atoms with E-state index in [0.29, 0.717) is 58.6 Å². The van der Waals surface area contributed by atoms with E-state index in [-0.39, 0.29) is 5.56 Å². The lowest BCUT2D eigenvalue weighted by Gasteiger charge is -2.09. The molecule has 12 heteroatoms. The molecule has 0 fully saturated rings. The third-order valence-corrected chi connectivity index (χ3v) is 5.59. The molecule has 1 N–H and O–H groups in total. The van der Waals surface area contributed by atoms with Gasteiger partial charge in [0.05, 0.1) is 0 Å². The van der Waals surface area contributed by atoms with Crippen LogP contribution in [0.2, 0.25) is 0 Å². The minimum atomic E-state index is -0.235. The maximum Gasteiger partial charge on any atom is 0.286 e. The number of aromatic nitrogens is 9. The molecule has 0 radical (unpaired) electrons. The monoisotopic (exact) mass is 497 g/mol. The zero-order chi connectivity index (χ0) is 22.1. The van der Waals surface area contributed by atoms with Crippen molar-refractivity contribution in [2.75, 3.05) is 0 Å². The van der Waals surface area contributed by atoms with Crippen LogP contribution in [0.25, 0.3) is 28.3 Å². The van der Waals surface area contributed by atoms with Crippen LogP contribution >= 0.6 is 15.9 Å². The number of unbranched alkanes of at least 4 members (excludes halogenated alkanes) is 2. The van der Waals surface area contributed by atoms with Crippen LogP contribution in [0.5, 0.6) is 0 Å². The standard InChI is InChI=1S/C20H20BrN9O2/c1-2-3-4-10-29-17-15(24-19(21)25-17)18(31)30-13(26-27-20(29)30)7-8-14-23-16(28-32-14)12-6-5-9-22-11-12/h5-6,9,11H,2-4,7-8,10H2,1H3,(H,24,25). The number of nitrogens with zero attached hydrogens (tertiary/aromatic N) is 8. The van der Waals surface area contributed by atoms with Gasteiger partial charge in [-0.05, 0) is 34.5 Å². The van der Waals surface area contributed by atoms with Crippen LogP contribution in [-0.4, -0.2) is 44.3 Å². The van der Waals surface area contributed by atoms with Crippen LogP contribution in [0, 0.1) is 0 Å². The summed E-state index contributed by atoms with van der Waals surface area (Å²) >= 11 is 3.34. The summed E-state index contributed by atoms with van der Waals surface area (Å²) < 4.78 is 9.36. The Balaban J connectivity index is 1.47. The first-order valence-electron chi connectivity index (χ1n) is 10.4.